The first-order valence-corrected chi connectivity index (χ1v) is 5.36. The van der Waals surface area contributed by atoms with Gasteiger partial charge >= 0.3 is 5.97 Å². The molecule has 3 heteroatoms. The minimum atomic E-state index is -0.956. The second-order valence-corrected chi connectivity index (χ2v) is 4.10. The van der Waals surface area contributed by atoms with Crippen LogP contribution in [0, 0.1) is 0 Å². The summed E-state index contributed by atoms with van der Waals surface area (Å²) in [5.74, 6) is 0.291. The normalized spacial score (nSPS) is 11.0. The first-order valence-electron chi connectivity index (χ1n) is 5.36. The van der Waals surface area contributed by atoms with Gasteiger partial charge in [0.15, 0.2) is 5.60 Å². The highest BCUT2D eigenvalue weighted by molar-refractivity contribution is 5.78. The fraction of sp³-hybridized carbons (Fsp3) is 0.462. The van der Waals surface area contributed by atoms with Gasteiger partial charge < -0.3 is 9.47 Å². The Hall–Kier alpha value is -1.51. The van der Waals surface area contributed by atoms with E-state index in [9.17, 15) is 4.79 Å². The minimum absolute atomic E-state index is 0.382. The van der Waals surface area contributed by atoms with Crippen molar-refractivity contribution in [3.63, 3.8) is 0 Å². The molecule has 3 nitrogen and oxygen atoms in total. The van der Waals surface area contributed by atoms with Crippen molar-refractivity contribution in [1.82, 2.24) is 0 Å². The van der Waals surface area contributed by atoms with E-state index >= 15 is 0 Å². The Labute approximate surface area is 96.4 Å². The van der Waals surface area contributed by atoms with Gasteiger partial charge in [-0.05, 0) is 38.0 Å². The quantitative estimate of drug-likeness (QED) is 0.734. The smallest absolute Gasteiger partial charge is 0.349 e. The molecule has 1 aromatic rings. The highest BCUT2D eigenvalue weighted by atomic mass is 16.6. The molecule has 0 aliphatic heterocycles. The number of carbonyl (C=O) groups is 1. The number of esters is 1. The van der Waals surface area contributed by atoms with Crippen molar-refractivity contribution in [2.75, 3.05) is 7.11 Å². The van der Waals surface area contributed by atoms with Crippen LogP contribution >= 0.6 is 0 Å². The molecular weight excluding hydrogens is 204 g/mol. The highest BCUT2D eigenvalue weighted by Crippen LogP contribution is 2.20. The van der Waals surface area contributed by atoms with Crippen LogP contribution in [0.1, 0.15) is 26.3 Å². The molecule has 1 rings (SSSR count). The van der Waals surface area contributed by atoms with E-state index < -0.39 is 5.60 Å². The molecular formula is C13H18O3. The lowest BCUT2D eigenvalue weighted by molar-refractivity contribution is -0.156. The Kier molecular flexibility index (Phi) is 3.93. The SMILES string of the molecule is CCc1ccc(OC(C)(C)C(=O)OC)cc1. The second kappa shape index (κ2) is 5.01. The van der Waals surface area contributed by atoms with E-state index in [-0.39, 0.29) is 5.97 Å². The van der Waals surface area contributed by atoms with Crippen LogP contribution in [0.5, 0.6) is 5.75 Å². The molecule has 0 aromatic heterocycles. The average molecular weight is 222 g/mol. The average Bonchev–Trinajstić information content (AvgIpc) is 2.28. The maximum absolute atomic E-state index is 11.4. The maximum Gasteiger partial charge on any atom is 0.349 e. The zero-order chi connectivity index (χ0) is 12.2. The van der Waals surface area contributed by atoms with Crippen molar-refractivity contribution >= 4 is 5.97 Å². The number of aryl methyl sites for hydroxylation is 1. The van der Waals surface area contributed by atoms with Gasteiger partial charge in [0.25, 0.3) is 0 Å². The van der Waals surface area contributed by atoms with Gasteiger partial charge in [0.05, 0.1) is 7.11 Å². The Balaban J connectivity index is 2.76. The van der Waals surface area contributed by atoms with Gasteiger partial charge in [-0.25, -0.2) is 4.79 Å². The number of benzene rings is 1. The summed E-state index contributed by atoms with van der Waals surface area (Å²) in [7, 11) is 1.35. The van der Waals surface area contributed by atoms with Gasteiger partial charge in [-0.3, -0.25) is 0 Å². The van der Waals surface area contributed by atoms with Gasteiger partial charge in [-0.2, -0.15) is 0 Å². The molecule has 0 unspecified atom stereocenters. The molecule has 88 valence electrons. The largest absolute Gasteiger partial charge is 0.476 e. The van der Waals surface area contributed by atoms with Crippen LogP contribution in [0.15, 0.2) is 24.3 Å². The number of ether oxygens (including phenoxy) is 2. The lowest BCUT2D eigenvalue weighted by Crippen LogP contribution is -2.39. The lowest BCUT2D eigenvalue weighted by Gasteiger charge is -2.23. The molecule has 0 bridgehead atoms. The molecule has 0 spiro atoms. The fourth-order valence-corrected chi connectivity index (χ4v) is 1.38. The Morgan fingerprint density at radius 3 is 2.25 bits per heavy atom. The van der Waals surface area contributed by atoms with Crippen LogP contribution in [-0.4, -0.2) is 18.7 Å². The minimum Gasteiger partial charge on any atom is -0.476 e. The maximum atomic E-state index is 11.4. The molecule has 0 radical (unpaired) electrons. The molecule has 0 atom stereocenters. The summed E-state index contributed by atoms with van der Waals surface area (Å²) < 4.78 is 10.2. The molecule has 0 amide bonds. The molecule has 16 heavy (non-hydrogen) atoms. The van der Waals surface area contributed by atoms with Crippen molar-refractivity contribution < 1.29 is 14.3 Å². The predicted octanol–water partition coefficient (Wildman–Crippen LogP) is 2.58. The first kappa shape index (κ1) is 12.6. The molecule has 0 fully saturated rings. The predicted molar refractivity (Wildman–Crippen MR) is 62.5 cm³/mol. The van der Waals surface area contributed by atoms with E-state index in [1.54, 1.807) is 13.8 Å². The molecule has 0 aliphatic rings. The zero-order valence-electron chi connectivity index (χ0n) is 10.2. The summed E-state index contributed by atoms with van der Waals surface area (Å²) in [5.41, 5.74) is 0.283. The topological polar surface area (TPSA) is 35.5 Å². The fourth-order valence-electron chi connectivity index (χ4n) is 1.38. The summed E-state index contributed by atoms with van der Waals surface area (Å²) in [4.78, 5) is 11.4. The summed E-state index contributed by atoms with van der Waals surface area (Å²) in [6, 6.07) is 7.71. The monoisotopic (exact) mass is 222 g/mol. The Morgan fingerprint density at radius 1 is 1.25 bits per heavy atom. The van der Waals surface area contributed by atoms with Gasteiger partial charge in [0.1, 0.15) is 5.75 Å². The van der Waals surface area contributed by atoms with Crippen LogP contribution in [-0.2, 0) is 16.0 Å². The van der Waals surface area contributed by atoms with Gasteiger partial charge in [-0.1, -0.05) is 19.1 Å². The molecule has 0 saturated carbocycles. The zero-order valence-corrected chi connectivity index (χ0v) is 10.2. The number of rotatable bonds is 4. The molecule has 1 aromatic carbocycles. The van der Waals surface area contributed by atoms with Crippen LogP contribution in [0.3, 0.4) is 0 Å². The van der Waals surface area contributed by atoms with E-state index in [2.05, 4.69) is 11.7 Å². The van der Waals surface area contributed by atoms with Crippen molar-refractivity contribution in [2.24, 2.45) is 0 Å². The first-order chi connectivity index (χ1) is 7.49. The second-order valence-electron chi connectivity index (χ2n) is 4.10. The molecule has 0 saturated heterocycles. The lowest BCUT2D eigenvalue weighted by atomic mass is 10.1. The van der Waals surface area contributed by atoms with Crippen LogP contribution in [0.25, 0.3) is 0 Å². The third-order valence-corrected chi connectivity index (χ3v) is 2.38. The van der Waals surface area contributed by atoms with Crippen molar-refractivity contribution in [3.05, 3.63) is 29.8 Å². The third kappa shape index (κ3) is 2.99. The van der Waals surface area contributed by atoms with Crippen molar-refractivity contribution in [2.45, 2.75) is 32.8 Å². The summed E-state index contributed by atoms with van der Waals surface area (Å²) in [5, 5.41) is 0. The van der Waals surface area contributed by atoms with Crippen LogP contribution < -0.4 is 4.74 Å². The molecule has 0 N–H and O–H groups in total. The van der Waals surface area contributed by atoms with Gasteiger partial charge in [0.2, 0.25) is 0 Å². The number of hydrogen-bond acceptors (Lipinski definition) is 3. The van der Waals surface area contributed by atoms with Crippen molar-refractivity contribution in [3.8, 4) is 5.75 Å². The van der Waals surface area contributed by atoms with E-state index in [4.69, 9.17) is 4.74 Å². The van der Waals surface area contributed by atoms with Gasteiger partial charge in [0, 0.05) is 0 Å². The van der Waals surface area contributed by atoms with E-state index in [0.29, 0.717) is 5.75 Å². The summed E-state index contributed by atoms with van der Waals surface area (Å²) >= 11 is 0. The third-order valence-electron chi connectivity index (χ3n) is 2.38. The standard InChI is InChI=1S/C13H18O3/c1-5-10-6-8-11(9-7-10)16-13(2,3)12(14)15-4/h6-9H,5H2,1-4H3. The van der Waals surface area contributed by atoms with Crippen LogP contribution in [0.4, 0.5) is 0 Å². The van der Waals surface area contributed by atoms with Crippen molar-refractivity contribution in [1.29, 1.82) is 0 Å². The number of carbonyl (C=O) groups excluding carboxylic acids is 1. The Morgan fingerprint density at radius 2 is 1.81 bits per heavy atom. The van der Waals surface area contributed by atoms with Gasteiger partial charge in [-0.15, -0.1) is 0 Å². The summed E-state index contributed by atoms with van der Waals surface area (Å²) in [6.45, 7) is 5.47. The number of methoxy groups -OCH3 is 1. The Bertz CT molecular complexity index is 352. The van der Waals surface area contributed by atoms with E-state index in [0.717, 1.165) is 6.42 Å². The number of hydrogen-bond donors (Lipinski definition) is 0. The molecule has 0 heterocycles. The highest BCUT2D eigenvalue weighted by Gasteiger charge is 2.30. The van der Waals surface area contributed by atoms with E-state index in [1.807, 2.05) is 24.3 Å². The summed E-state index contributed by atoms with van der Waals surface area (Å²) in [6.07, 6.45) is 0.987. The van der Waals surface area contributed by atoms with Crippen LogP contribution in [0.2, 0.25) is 0 Å². The molecule has 0 aliphatic carbocycles. The van der Waals surface area contributed by atoms with E-state index in [1.165, 1.54) is 12.7 Å².